The van der Waals surface area contributed by atoms with Crippen molar-refractivity contribution >= 4 is 17.2 Å². The number of rotatable bonds is 4. The number of nitrogens with zero attached hydrogens (tertiary/aromatic N) is 6. The summed E-state index contributed by atoms with van der Waals surface area (Å²) in [5.41, 5.74) is 0.640. The second kappa shape index (κ2) is 8.02. The van der Waals surface area contributed by atoms with Gasteiger partial charge in [-0.1, -0.05) is 5.92 Å². The van der Waals surface area contributed by atoms with Crippen LogP contribution in [-0.2, 0) is 0 Å². The second-order valence-electron chi connectivity index (χ2n) is 6.77. The number of hydrogen-bond acceptors (Lipinski definition) is 8. The van der Waals surface area contributed by atoms with Crippen molar-refractivity contribution < 1.29 is 19.5 Å². The van der Waals surface area contributed by atoms with E-state index in [0.29, 0.717) is 17.1 Å². The molecule has 0 saturated carbocycles. The minimum Gasteiger partial charge on any atom is -0.395 e. The molecule has 0 radical (unpaired) electrons. The van der Waals surface area contributed by atoms with Crippen molar-refractivity contribution in [2.45, 2.75) is 25.0 Å². The molecule has 10 nitrogen and oxygen atoms in total. The number of fused-ring (bicyclic) bond motifs is 1. The fourth-order valence-corrected chi connectivity index (χ4v) is 3.51. The van der Waals surface area contributed by atoms with Crippen LogP contribution in [0.4, 0.5) is 15.9 Å². The third kappa shape index (κ3) is 3.66. The Morgan fingerprint density at radius 1 is 1.40 bits per heavy atom. The van der Waals surface area contributed by atoms with Crippen LogP contribution in [0.1, 0.15) is 30.1 Å². The minimum absolute atomic E-state index is 0.0676. The first-order valence-electron chi connectivity index (χ1n) is 9.16. The molecule has 154 valence electrons. The Kier molecular flexibility index (Phi) is 5.26. The van der Waals surface area contributed by atoms with Crippen LogP contribution in [0, 0.1) is 27.8 Å². The molecule has 0 amide bonds. The van der Waals surface area contributed by atoms with Crippen molar-refractivity contribution in [2.75, 3.05) is 18.1 Å². The van der Waals surface area contributed by atoms with Gasteiger partial charge in [-0.3, -0.25) is 10.1 Å². The standard InChI is InChI=1S/C19H17FN6O4/c20-12-7-14(15(21-9-12)3-1-2-6-27)16-8-13(28)11-24(16)18-4-5-25-19(23-18)17(10-22-25)26(29)30/h4-5,7,9-10,13,16,27-28H,2,6,8,11H2/t13-,16?/m1/s1. The summed E-state index contributed by atoms with van der Waals surface area (Å²) in [5, 5.41) is 34.4. The first-order valence-corrected chi connectivity index (χ1v) is 9.16. The average molecular weight is 412 g/mol. The summed E-state index contributed by atoms with van der Waals surface area (Å²) in [6, 6.07) is 2.45. The van der Waals surface area contributed by atoms with Crippen molar-refractivity contribution in [3.8, 4) is 11.8 Å². The van der Waals surface area contributed by atoms with E-state index in [-0.39, 0.29) is 37.3 Å². The van der Waals surface area contributed by atoms with Gasteiger partial charge in [0.25, 0.3) is 0 Å². The molecule has 3 aromatic heterocycles. The van der Waals surface area contributed by atoms with Crippen LogP contribution < -0.4 is 4.90 Å². The van der Waals surface area contributed by atoms with E-state index in [1.54, 1.807) is 11.0 Å². The van der Waals surface area contributed by atoms with Crippen LogP contribution in [0.3, 0.4) is 0 Å². The predicted molar refractivity (Wildman–Crippen MR) is 103 cm³/mol. The van der Waals surface area contributed by atoms with Crippen LogP contribution >= 0.6 is 0 Å². The fraction of sp³-hybridized carbons (Fsp3) is 0.316. The Balaban J connectivity index is 1.78. The van der Waals surface area contributed by atoms with Gasteiger partial charge in [0.15, 0.2) is 0 Å². The number of nitro groups is 1. The van der Waals surface area contributed by atoms with Crippen molar-refractivity contribution in [1.29, 1.82) is 0 Å². The smallest absolute Gasteiger partial charge is 0.333 e. The van der Waals surface area contributed by atoms with Crippen molar-refractivity contribution in [1.82, 2.24) is 19.6 Å². The lowest BCUT2D eigenvalue weighted by molar-refractivity contribution is -0.383. The number of aliphatic hydroxyl groups excluding tert-OH is 2. The van der Waals surface area contributed by atoms with Crippen LogP contribution in [0.5, 0.6) is 0 Å². The molecular formula is C19H17FN6O4. The highest BCUT2D eigenvalue weighted by atomic mass is 19.1. The van der Waals surface area contributed by atoms with Gasteiger partial charge in [-0.15, -0.1) is 0 Å². The number of β-amino-alcohol motifs (C(OH)–C–C–N with tert-alkyl or cyclic N) is 1. The highest BCUT2D eigenvalue weighted by molar-refractivity contribution is 5.62. The second-order valence-corrected chi connectivity index (χ2v) is 6.77. The molecule has 4 rings (SSSR count). The monoisotopic (exact) mass is 412 g/mol. The molecule has 0 spiro atoms. The normalized spacial score (nSPS) is 18.4. The number of hydrogen-bond donors (Lipinski definition) is 2. The summed E-state index contributed by atoms with van der Waals surface area (Å²) in [4.78, 5) is 20.8. The maximum atomic E-state index is 14.0. The zero-order chi connectivity index (χ0) is 21.3. The molecule has 2 atom stereocenters. The maximum Gasteiger partial charge on any atom is 0.333 e. The van der Waals surface area contributed by atoms with E-state index < -0.39 is 22.9 Å². The zero-order valence-electron chi connectivity index (χ0n) is 15.6. The van der Waals surface area contributed by atoms with E-state index in [0.717, 1.165) is 12.4 Å². The van der Waals surface area contributed by atoms with Gasteiger partial charge >= 0.3 is 5.69 Å². The fourth-order valence-electron chi connectivity index (χ4n) is 3.51. The molecule has 1 aliphatic heterocycles. The van der Waals surface area contributed by atoms with Crippen LogP contribution in [0.25, 0.3) is 5.65 Å². The van der Waals surface area contributed by atoms with Gasteiger partial charge in [0.2, 0.25) is 5.65 Å². The molecule has 0 aliphatic carbocycles. The zero-order valence-corrected chi connectivity index (χ0v) is 15.6. The van der Waals surface area contributed by atoms with Crippen molar-refractivity contribution in [3.63, 3.8) is 0 Å². The lowest BCUT2D eigenvalue weighted by atomic mass is 10.0. The summed E-state index contributed by atoms with van der Waals surface area (Å²) < 4.78 is 15.3. The Morgan fingerprint density at radius 2 is 2.23 bits per heavy atom. The summed E-state index contributed by atoms with van der Waals surface area (Å²) in [7, 11) is 0. The van der Waals surface area contributed by atoms with E-state index in [2.05, 4.69) is 26.9 Å². The quantitative estimate of drug-likeness (QED) is 0.372. The molecule has 1 aliphatic rings. The van der Waals surface area contributed by atoms with Gasteiger partial charge in [-0.05, 0) is 24.5 Å². The Morgan fingerprint density at radius 3 is 3.00 bits per heavy atom. The van der Waals surface area contributed by atoms with Crippen LogP contribution in [-0.4, -0.2) is 54.0 Å². The Labute approximate surface area is 169 Å². The minimum atomic E-state index is -0.713. The maximum absolute atomic E-state index is 14.0. The van der Waals surface area contributed by atoms with E-state index in [4.69, 9.17) is 5.11 Å². The van der Waals surface area contributed by atoms with Gasteiger partial charge in [0.05, 0.1) is 29.9 Å². The molecule has 4 heterocycles. The number of anilines is 1. The third-order valence-corrected chi connectivity index (χ3v) is 4.79. The van der Waals surface area contributed by atoms with E-state index in [1.807, 2.05) is 0 Å². The molecule has 3 aromatic rings. The number of halogens is 1. The summed E-state index contributed by atoms with van der Waals surface area (Å²) in [6.45, 7) is 0.0989. The largest absolute Gasteiger partial charge is 0.395 e. The number of aromatic nitrogens is 4. The van der Waals surface area contributed by atoms with E-state index in [9.17, 15) is 19.6 Å². The van der Waals surface area contributed by atoms with Crippen LogP contribution in [0.15, 0.2) is 30.7 Å². The summed E-state index contributed by atoms with van der Waals surface area (Å²) in [6.07, 6.45) is 3.54. The lowest BCUT2D eigenvalue weighted by Crippen LogP contribution is -2.26. The average Bonchev–Trinajstić information content (AvgIpc) is 3.32. The third-order valence-electron chi connectivity index (χ3n) is 4.79. The molecule has 1 unspecified atom stereocenters. The Bertz CT molecular complexity index is 1170. The summed E-state index contributed by atoms with van der Waals surface area (Å²) in [5.74, 6) is 5.44. The molecular weight excluding hydrogens is 395 g/mol. The molecule has 30 heavy (non-hydrogen) atoms. The number of pyridine rings is 1. The van der Waals surface area contributed by atoms with Crippen molar-refractivity contribution in [2.24, 2.45) is 0 Å². The molecule has 0 bridgehead atoms. The van der Waals surface area contributed by atoms with Crippen molar-refractivity contribution in [3.05, 3.63) is 57.9 Å². The first-order chi connectivity index (χ1) is 14.5. The van der Waals surface area contributed by atoms with Gasteiger partial charge in [-0.25, -0.2) is 18.9 Å². The first kappa shape index (κ1) is 19.7. The lowest BCUT2D eigenvalue weighted by Gasteiger charge is -2.26. The SMILES string of the molecule is O=[N+]([O-])c1cnn2ccc(N3C[C@H](O)CC3c3cc(F)cnc3C#CCCO)nc12. The van der Waals surface area contributed by atoms with E-state index >= 15 is 0 Å². The molecule has 11 heteroatoms. The molecule has 0 aromatic carbocycles. The predicted octanol–water partition coefficient (Wildman–Crippen LogP) is 1.22. The van der Waals surface area contributed by atoms with E-state index in [1.165, 1.54) is 16.8 Å². The van der Waals surface area contributed by atoms with Gasteiger partial charge in [0, 0.05) is 24.7 Å². The van der Waals surface area contributed by atoms with Gasteiger partial charge in [-0.2, -0.15) is 5.10 Å². The molecule has 1 fully saturated rings. The summed E-state index contributed by atoms with van der Waals surface area (Å²) >= 11 is 0. The van der Waals surface area contributed by atoms with Gasteiger partial charge in [0.1, 0.15) is 23.5 Å². The number of aliphatic hydroxyl groups is 2. The highest BCUT2D eigenvalue weighted by Crippen LogP contribution is 2.37. The molecule has 2 N–H and O–H groups in total. The molecule has 1 saturated heterocycles. The van der Waals surface area contributed by atoms with Gasteiger partial charge < -0.3 is 15.1 Å². The topological polar surface area (TPSA) is 130 Å². The van der Waals surface area contributed by atoms with Crippen LogP contribution in [0.2, 0.25) is 0 Å². The highest BCUT2D eigenvalue weighted by Gasteiger charge is 2.35. The Hall–Kier alpha value is -3.62.